The van der Waals surface area contributed by atoms with Gasteiger partial charge in [-0.2, -0.15) is 0 Å². The molecule has 26 nitrogen and oxygen atoms in total. The molecule has 29 atom stereocenters. The number of aliphatic hydroxyl groups excluding tert-OH is 13. The Hall–Kier alpha value is -2.65. The van der Waals surface area contributed by atoms with E-state index >= 15 is 4.79 Å². The van der Waals surface area contributed by atoms with E-state index in [0.717, 1.165) is 19.4 Å². The van der Waals surface area contributed by atoms with Crippen molar-refractivity contribution in [3.63, 3.8) is 0 Å². The molecule has 29 unspecified atom stereocenters. The molecule has 9 aliphatic rings. The van der Waals surface area contributed by atoms with Crippen LogP contribution in [0.3, 0.4) is 0 Å². The summed E-state index contributed by atoms with van der Waals surface area (Å²) >= 11 is 0. The van der Waals surface area contributed by atoms with Crippen molar-refractivity contribution < 1.29 is 128 Å². The summed E-state index contributed by atoms with van der Waals surface area (Å²) in [6, 6.07) is 0. The first-order valence-corrected chi connectivity index (χ1v) is 28.8. The van der Waals surface area contributed by atoms with Gasteiger partial charge in [0, 0.05) is 19.3 Å². The first-order valence-electron chi connectivity index (χ1n) is 28.8. The Kier molecular flexibility index (Phi) is 18.3. The molecule has 9 rings (SSSR count). The van der Waals surface area contributed by atoms with Gasteiger partial charge in [-0.05, 0) is 90.8 Å². The van der Waals surface area contributed by atoms with Crippen LogP contribution in [-0.4, -0.2) is 246 Å². The van der Waals surface area contributed by atoms with Crippen LogP contribution in [0.2, 0.25) is 0 Å². The summed E-state index contributed by atoms with van der Waals surface area (Å²) in [5, 5.41) is 143. The molecule has 13 N–H and O–H groups in total. The molecule has 8 fully saturated rings. The zero-order valence-electron chi connectivity index (χ0n) is 47.7. The Morgan fingerprint density at radius 1 is 0.573 bits per heavy atom. The first-order chi connectivity index (χ1) is 38.4. The number of aliphatic hydroxyl groups is 13. The van der Waals surface area contributed by atoms with Crippen LogP contribution < -0.4 is 0 Å². The fraction of sp³-hybridized carbons (Fsp3) is 0.911. The molecule has 26 heteroatoms. The van der Waals surface area contributed by atoms with E-state index in [9.17, 15) is 76.0 Å². The lowest BCUT2D eigenvalue weighted by Crippen LogP contribution is -2.71. The minimum atomic E-state index is -1.93. The van der Waals surface area contributed by atoms with Gasteiger partial charge in [-0.3, -0.25) is 14.4 Å². The molecule has 0 radical (unpaired) electrons. The van der Waals surface area contributed by atoms with Gasteiger partial charge in [0.2, 0.25) is 6.29 Å². The van der Waals surface area contributed by atoms with Crippen molar-refractivity contribution in [2.75, 3.05) is 33.0 Å². The average molecular weight is 1180 g/mol. The molecule has 4 heterocycles. The van der Waals surface area contributed by atoms with E-state index in [0.29, 0.717) is 32.1 Å². The zero-order valence-corrected chi connectivity index (χ0v) is 47.7. The largest absolute Gasteiger partial charge is 0.463 e. The number of fused-ring (bicyclic) bond motifs is 7. The number of ether oxygens (including phenoxy) is 10. The smallest absolute Gasteiger partial charge is 0.317 e. The number of hydrogen-bond donors (Lipinski definition) is 13. The summed E-state index contributed by atoms with van der Waals surface area (Å²) in [6.07, 6.45) is -28.9. The predicted octanol–water partition coefficient (Wildman–Crippen LogP) is -2.70. The third-order valence-corrected chi connectivity index (χ3v) is 21.4. The zero-order chi connectivity index (χ0) is 60.1. The highest BCUT2D eigenvalue weighted by atomic mass is 16.8. The van der Waals surface area contributed by atoms with Gasteiger partial charge in [0.15, 0.2) is 31.1 Å². The number of allylic oxidation sites excluding steroid dienone is 2. The molecule has 5 aliphatic carbocycles. The van der Waals surface area contributed by atoms with Crippen molar-refractivity contribution >= 4 is 17.9 Å². The summed E-state index contributed by atoms with van der Waals surface area (Å²) < 4.78 is 60.4. The minimum absolute atomic E-state index is 0.00335. The second-order valence-electron chi connectivity index (χ2n) is 26.6. The molecule has 468 valence electrons. The number of carbonyl (C=O) groups excluding carboxylic acids is 3. The highest BCUT2D eigenvalue weighted by Gasteiger charge is 2.74. The molecule has 0 aromatic carbocycles. The van der Waals surface area contributed by atoms with Crippen molar-refractivity contribution in [3.8, 4) is 0 Å². The fourth-order valence-corrected chi connectivity index (χ4v) is 16.8. The molecule has 0 aromatic rings. The van der Waals surface area contributed by atoms with Crippen LogP contribution in [0.5, 0.6) is 0 Å². The van der Waals surface area contributed by atoms with Crippen LogP contribution in [0.15, 0.2) is 11.6 Å². The molecule has 4 aliphatic heterocycles. The van der Waals surface area contributed by atoms with Gasteiger partial charge in [0.05, 0.1) is 44.7 Å². The van der Waals surface area contributed by atoms with E-state index in [1.807, 2.05) is 0 Å². The van der Waals surface area contributed by atoms with Crippen LogP contribution in [0.1, 0.15) is 107 Å². The summed E-state index contributed by atoms with van der Waals surface area (Å²) in [7, 11) is 0. The lowest BCUT2D eigenvalue weighted by molar-refractivity contribution is -0.358. The maximum atomic E-state index is 16.0. The third-order valence-electron chi connectivity index (χ3n) is 21.4. The number of rotatable bonds is 15. The number of hydrogen-bond acceptors (Lipinski definition) is 26. The topological polar surface area (TPSA) is 407 Å². The van der Waals surface area contributed by atoms with Crippen LogP contribution in [-0.2, 0) is 61.8 Å². The normalized spacial score (nSPS) is 51.6. The molecule has 0 bridgehead atoms. The second-order valence-corrected chi connectivity index (χ2v) is 26.6. The molecule has 0 aromatic heterocycles. The SMILES string of the molecule is CC(=O)OCC1OC(OC(=O)C23CCC(C)(C)CC2C2=CCC4C5(C)CC(O)C(OC6OC(CO)C(O)C(O)C6O)C(C)(CO)C5CCC4(C)C2(C)CC3OC2OC(CO)C(O)C(O)C2OC2OC(CO)C(O)C2O)C(O)C1OC(C)=O. The van der Waals surface area contributed by atoms with Gasteiger partial charge in [-0.15, -0.1) is 0 Å². The Morgan fingerprint density at radius 2 is 1.15 bits per heavy atom. The fourth-order valence-electron chi connectivity index (χ4n) is 16.8. The van der Waals surface area contributed by atoms with Crippen molar-refractivity contribution in [3.05, 3.63) is 11.6 Å². The van der Waals surface area contributed by atoms with Crippen LogP contribution in [0.4, 0.5) is 0 Å². The molecular weight excluding hydrogens is 1090 g/mol. The van der Waals surface area contributed by atoms with Gasteiger partial charge in [0.25, 0.3) is 0 Å². The summed E-state index contributed by atoms with van der Waals surface area (Å²) in [5.74, 6) is -3.80. The maximum Gasteiger partial charge on any atom is 0.317 e. The van der Waals surface area contributed by atoms with E-state index in [2.05, 4.69) is 40.7 Å². The first kappa shape index (κ1) is 63.8. The summed E-state index contributed by atoms with van der Waals surface area (Å²) in [5.41, 5.74) is -4.95. The highest BCUT2D eigenvalue weighted by molar-refractivity contribution is 5.80. The average Bonchev–Trinajstić information content (AvgIpc) is 0.916. The van der Waals surface area contributed by atoms with Crippen molar-refractivity contribution in [1.82, 2.24) is 0 Å². The van der Waals surface area contributed by atoms with Crippen molar-refractivity contribution in [2.45, 2.75) is 236 Å². The lowest BCUT2D eigenvalue weighted by Gasteiger charge is -2.72. The van der Waals surface area contributed by atoms with Gasteiger partial charge in [-0.25, -0.2) is 0 Å². The monoisotopic (exact) mass is 1180 g/mol. The molecule has 0 spiro atoms. The van der Waals surface area contributed by atoms with Crippen molar-refractivity contribution in [2.24, 2.45) is 50.2 Å². The van der Waals surface area contributed by atoms with E-state index in [-0.39, 0.29) is 31.1 Å². The quantitative estimate of drug-likeness (QED) is 0.0343. The van der Waals surface area contributed by atoms with Gasteiger partial charge in [-0.1, -0.05) is 53.2 Å². The van der Waals surface area contributed by atoms with E-state index < -0.39 is 218 Å². The highest BCUT2D eigenvalue weighted by Crippen LogP contribution is 2.76. The summed E-state index contributed by atoms with van der Waals surface area (Å²) in [6.45, 7) is 11.3. The van der Waals surface area contributed by atoms with E-state index in [1.54, 1.807) is 6.92 Å². The number of esters is 3. The lowest BCUT2D eigenvalue weighted by atomic mass is 9.33. The minimum Gasteiger partial charge on any atom is -0.463 e. The molecule has 4 saturated carbocycles. The van der Waals surface area contributed by atoms with Crippen LogP contribution in [0.25, 0.3) is 0 Å². The Labute approximate surface area is 475 Å². The number of carbonyl (C=O) groups is 3. The summed E-state index contributed by atoms with van der Waals surface area (Å²) in [4.78, 5) is 40.3. The second kappa shape index (κ2) is 23.5. The Bertz CT molecular complexity index is 2340. The Morgan fingerprint density at radius 3 is 1.74 bits per heavy atom. The van der Waals surface area contributed by atoms with Gasteiger partial charge >= 0.3 is 17.9 Å². The molecule has 82 heavy (non-hydrogen) atoms. The van der Waals surface area contributed by atoms with Crippen molar-refractivity contribution in [1.29, 1.82) is 0 Å². The third kappa shape index (κ3) is 10.5. The van der Waals surface area contributed by atoms with Gasteiger partial charge < -0.3 is 114 Å². The van der Waals surface area contributed by atoms with E-state index in [1.165, 1.54) is 0 Å². The maximum absolute atomic E-state index is 16.0. The molecule has 4 saturated heterocycles. The van der Waals surface area contributed by atoms with Gasteiger partial charge in [0.1, 0.15) is 85.3 Å². The van der Waals surface area contributed by atoms with E-state index in [4.69, 9.17) is 47.4 Å². The van der Waals surface area contributed by atoms with Crippen LogP contribution in [0, 0.1) is 50.2 Å². The molecular formula is C56H88O26. The predicted molar refractivity (Wildman–Crippen MR) is 274 cm³/mol. The Balaban J connectivity index is 1.13. The standard InChI is InChI=1S/C56H88O26/c1-23(61)73-21-31-43(74-24(2)62)42(71)48(78-31)82-50(72)56-14-13-51(3,4)15-26(56)25-9-10-33-52(5)16-27(63)45(81-47-41(70)38(67)35(64)28(18-57)76-47)53(6,22-60)32(52)11-12-54(33,7)55(25,8)17-34(56)79-49-44(39(68)36(65)29(19-58)77-49)80-46-40(69)37(66)30(20-59)75-46/h9,26-49,57-60,63-71H,10-22H2,1-8H3. The molecule has 0 amide bonds. The van der Waals surface area contributed by atoms with Crippen LogP contribution >= 0.6 is 0 Å².